The second-order valence-corrected chi connectivity index (χ2v) is 10.4. The number of benzene rings is 2. The van der Waals surface area contributed by atoms with Gasteiger partial charge in [0.2, 0.25) is 0 Å². The van der Waals surface area contributed by atoms with Crippen LogP contribution in [-0.2, 0) is 14.3 Å². The molecule has 1 unspecified atom stereocenters. The Morgan fingerprint density at radius 3 is 2.66 bits per heavy atom. The Morgan fingerprint density at radius 2 is 1.92 bits per heavy atom. The summed E-state index contributed by atoms with van der Waals surface area (Å²) >= 11 is 4.77. The molecule has 2 heterocycles. The molecule has 0 fully saturated rings. The number of fused-ring (bicyclic) bond motifs is 1. The Kier molecular flexibility index (Phi) is 9.19. The third-order valence-electron chi connectivity index (χ3n) is 5.92. The van der Waals surface area contributed by atoms with E-state index in [0.717, 1.165) is 16.5 Å². The van der Waals surface area contributed by atoms with Crippen molar-refractivity contribution in [3.8, 4) is 11.5 Å². The van der Waals surface area contributed by atoms with E-state index >= 15 is 0 Å². The van der Waals surface area contributed by atoms with Crippen molar-refractivity contribution in [2.45, 2.75) is 26.3 Å². The Labute approximate surface area is 233 Å². The van der Waals surface area contributed by atoms with Crippen molar-refractivity contribution in [2.75, 3.05) is 34.0 Å². The largest absolute Gasteiger partial charge is 0.496 e. The van der Waals surface area contributed by atoms with Crippen LogP contribution >= 0.6 is 27.3 Å². The van der Waals surface area contributed by atoms with Crippen molar-refractivity contribution in [3.05, 3.63) is 89.0 Å². The molecular weight excluding hydrogens is 572 g/mol. The van der Waals surface area contributed by atoms with Crippen LogP contribution in [0.4, 0.5) is 0 Å². The number of halogens is 1. The predicted molar refractivity (Wildman–Crippen MR) is 150 cm³/mol. The van der Waals surface area contributed by atoms with Crippen molar-refractivity contribution in [1.29, 1.82) is 0 Å². The summed E-state index contributed by atoms with van der Waals surface area (Å²) in [5, 5.41) is 0. The van der Waals surface area contributed by atoms with Crippen molar-refractivity contribution < 1.29 is 23.7 Å². The second kappa shape index (κ2) is 12.6. The van der Waals surface area contributed by atoms with Crippen LogP contribution in [0.5, 0.6) is 11.5 Å². The van der Waals surface area contributed by atoms with Gasteiger partial charge in [0.25, 0.3) is 5.56 Å². The topological polar surface area (TPSA) is 88.4 Å². The third kappa shape index (κ3) is 5.77. The maximum absolute atomic E-state index is 13.9. The standard InChI is InChI=1S/C28H29BrN2O6S/c1-5-12-36-21-11-10-19(29)15-18(21)16-23-26(32)31-25(20-8-6-7-9-22(20)35-4)24(17(2)30-28(31)38-23)27(33)37-14-13-34-3/h6-11,15-16,25H,5,12-14H2,1-4H3. The van der Waals surface area contributed by atoms with Gasteiger partial charge in [0.1, 0.15) is 24.1 Å². The summed E-state index contributed by atoms with van der Waals surface area (Å²) in [5.41, 5.74) is 1.90. The lowest BCUT2D eigenvalue weighted by molar-refractivity contribution is -0.140. The van der Waals surface area contributed by atoms with Gasteiger partial charge in [0.15, 0.2) is 4.80 Å². The number of para-hydroxylation sites is 1. The molecule has 2 aromatic carbocycles. The maximum atomic E-state index is 13.9. The van der Waals surface area contributed by atoms with Gasteiger partial charge < -0.3 is 18.9 Å². The minimum Gasteiger partial charge on any atom is -0.496 e. The molecule has 0 saturated heterocycles. The molecule has 3 aromatic rings. The number of hydrogen-bond acceptors (Lipinski definition) is 8. The van der Waals surface area contributed by atoms with E-state index in [9.17, 15) is 9.59 Å². The number of esters is 1. The Hall–Kier alpha value is -3.21. The van der Waals surface area contributed by atoms with E-state index in [2.05, 4.69) is 20.9 Å². The highest BCUT2D eigenvalue weighted by atomic mass is 79.9. The van der Waals surface area contributed by atoms with Gasteiger partial charge in [0, 0.05) is 22.7 Å². The van der Waals surface area contributed by atoms with E-state index in [0.29, 0.717) is 38.7 Å². The fourth-order valence-electron chi connectivity index (χ4n) is 4.18. The first-order valence-electron chi connectivity index (χ1n) is 12.1. The molecule has 0 spiro atoms. The number of nitrogens with zero attached hydrogens (tertiary/aromatic N) is 2. The Bertz CT molecular complexity index is 1540. The molecule has 1 aliphatic rings. The Morgan fingerprint density at radius 1 is 1.13 bits per heavy atom. The lowest BCUT2D eigenvalue weighted by Crippen LogP contribution is -2.40. The number of methoxy groups -OCH3 is 2. The predicted octanol–water partition coefficient (Wildman–Crippen LogP) is 3.98. The molecule has 38 heavy (non-hydrogen) atoms. The quantitative estimate of drug-likeness (QED) is 0.258. The normalized spacial score (nSPS) is 15.2. The highest BCUT2D eigenvalue weighted by Crippen LogP contribution is 2.35. The fraction of sp³-hybridized carbons (Fsp3) is 0.321. The summed E-state index contributed by atoms with van der Waals surface area (Å²) in [5.74, 6) is 0.669. The minimum atomic E-state index is -0.780. The van der Waals surface area contributed by atoms with E-state index in [1.54, 1.807) is 30.7 Å². The van der Waals surface area contributed by atoms with Crippen molar-refractivity contribution in [2.24, 2.45) is 4.99 Å². The summed E-state index contributed by atoms with van der Waals surface area (Å²) in [4.78, 5) is 32.4. The average Bonchev–Trinajstić information content (AvgIpc) is 3.21. The molecule has 8 nitrogen and oxygen atoms in total. The number of rotatable bonds is 10. The van der Waals surface area contributed by atoms with Gasteiger partial charge in [-0.15, -0.1) is 0 Å². The zero-order valence-corrected chi connectivity index (χ0v) is 24.1. The van der Waals surface area contributed by atoms with Crippen LogP contribution in [0.15, 0.2) is 68.0 Å². The average molecular weight is 602 g/mol. The zero-order chi connectivity index (χ0) is 27.2. The monoisotopic (exact) mass is 600 g/mol. The van der Waals surface area contributed by atoms with Crippen LogP contribution in [0.3, 0.4) is 0 Å². The van der Waals surface area contributed by atoms with E-state index in [4.69, 9.17) is 18.9 Å². The molecule has 1 atom stereocenters. The van der Waals surface area contributed by atoms with Crippen molar-refractivity contribution in [1.82, 2.24) is 4.57 Å². The van der Waals surface area contributed by atoms with E-state index in [1.807, 2.05) is 43.3 Å². The van der Waals surface area contributed by atoms with Crippen LogP contribution in [0.1, 0.15) is 37.4 Å². The van der Waals surface area contributed by atoms with Gasteiger partial charge in [0.05, 0.1) is 36.1 Å². The first kappa shape index (κ1) is 27.8. The van der Waals surface area contributed by atoms with Crippen molar-refractivity contribution in [3.63, 3.8) is 0 Å². The lowest BCUT2D eigenvalue weighted by Gasteiger charge is -2.26. The molecular formula is C28H29BrN2O6S. The number of ether oxygens (including phenoxy) is 4. The maximum Gasteiger partial charge on any atom is 0.338 e. The van der Waals surface area contributed by atoms with Crippen molar-refractivity contribution >= 4 is 39.3 Å². The molecule has 0 radical (unpaired) electrons. The lowest BCUT2D eigenvalue weighted by atomic mass is 9.95. The molecule has 200 valence electrons. The summed E-state index contributed by atoms with van der Waals surface area (Å²) in [6, 6.07) is 12.2. The molecule has 1 aromatic heterocycles. The van der Waals surface area contributed by atoms with Gasteiger partial charge in [-0.1, -0.05) is 52.4 Å². The summed E-state index contributed by atoms with van der Waals surface area (Å²) < 4.78 is 24.9. The number of hydrogen-bond donors (Lipinski definition) is 0. The van der Waals surface area contributed by atoms with Crippen LogP contribution in [0.2, 0.25) is 0 Å². The van der Waals surface area contributed by atoms with Gasteiger partial charge >= 0.3 is 5.97 Å². The SMILES string of the molecule is CCCOc1ccc(Br)cc1C=c1sc2n(c1=O)C(c1ccccc1OC)C(C(=O)OCCOC)=C(C)N=2. The smallest absolute Gasteiger partial charge is 0.338 e. The number of carbonyl (C=O) groups is 1. The fourth-order valence-corrected chi connectivity index (χ4v) is 5.60. The third-order valence-corrected chi connectivity index (χ3v) is 7.39. The molecule has 0 amide bonds. The van der Waals surface area contributed by atoms with E-state index in [1.165, 1.54) is 18.4 Å². The summed E-state index contributed by atoms with van der Waals surface area (Å²) in [7, 11) is 3.09. The molecule has 0 bridgehead atoms. The summed E-state index contributed by atoms with van der Waals surface area (Å²) in [6.07, 6.45) is 2.66. The number of carbonyl (C=O) groups excluding carboxylic acids is 1. The van der Waals surface area contributed by atoms with Crippen LogP contribution in [0, 0.1) is 0 Å². The zero-order valence-electron chi connectivity index (χ0n) is 21.7. The van der Waals surface area contributed by atoms with E-state index < -0.39 is 12.0 Å². The summed E-state index contributed by atoms with van der Waals surface area (Å²) in [6.45, 7) is 4.68. The van der Waals surface area contributed by atoms with Gasteiger partial charge in [-0.25, -0.2) is 9.79 Å². The molecule has 4 rings (SSSR count). The van der Waals surface area contributed by atoms with Crippen LogP contribution in [-0.4, -0.2) is 44.6 Å². The first-order valence-corrected chi connectivity index (χ1v) is 13.7. The molecule has 0 aliphatic carbocycles. The number of thiazole rings is 1. The number of aromatic nitrogens is 1. The second-order valence-electron chi connectivity index (χ2n) is 8.48. The van der Waals surface area contributed by atoms with Gasteiger partial charge in [-0.3, -0.25) is 9.36 Å². The first-order chi connectivity index (χ1) is 18.4. The van der Waals surface area contributed by atoms with Gasteiger partial charge in [-0.2, -0.15) is 0 Å². The van der Waals surface area contributed by atoms with Crippen LogP contribution < -0.4 is 24.4 Å². The Balaban J connectivity index is 1.92. The highest BCUT2D eigenvalue weighted by molar-refractivity contribution is 9.10. The highest BCUT2D eigenvalue weighted by Gasteiger charge is 2.35. The molecule has 0 saturated carbocycles. The minimum absolute atomic E-state index is 0.0819. The van der Waals surface area contributed by atoms with Gasteiger partial charge in [-0.05, 0) is 43.7 Å². The molecule has 10 heteroatoms. The van der Waals surface area contributed by atoms with Crippen LogP contribution in [0.25, 0.3) is 6.08 Å². The van der Waals surface area contributed by atoms with E-state index in [-0.39, 0.29) is 24.3 Å². The molecule has 1 aliphatic heterocycles. The molecule has 0 N–H and O–H groups in total. The number of allylic oxidation sites excluding steroid dienone is 1.